The molecule has 1 aromatic carbocycles. The molecule has 2 N–H and O–H groups in total. The molecule has 0 saturated carbocycles. The second kappa shape index (κ2) is 7.54. The molecule has 0 amide bonds. The minimum atomic E-state index is -1.50. The van der Waals surface area contributed by atoms with Crippen LogP contribution in [-0.2, 0) is 11.0 Å². The first-order chi connectivity index (χ1) is 9.98. The van der Waals surface area contributed by atoms with Gasteiger partial charge in [-0.1, -0.05) is 30.3 Å². The molecule has 0 aromatic heterocycles. The van der Waals surface area contributed by atoms with Gasteiger partial charge in [0, 0.05) is 13.1 Å². The highest BCUT2D eigenvalue weighted by Gasteiger charge is 2.29. The minimum absolute atomic E-state index is 0.260. The number of nitrogens with two attached hydrogens (primary N) is 1. The Bertz CT molecular complexity index is 411. The van der Waals surface area contributed by atoms with E-state index in [1.807, 2.05) is 0 Å². The molecule has 0 spiro atoms. The summed E-state index contributed by atoms with van der Waals surface area (Å²) >= 11 is 0. The van der Waals surface area contributed by atoms with E-state index in [0.717, 1.165) is 19.6 Å². The molecule has 4 heteroatoms. The van der Waals surface area contributed by atoms with Crippen LogP contribution < -0.4 is 5.73 Å². The van der Waals surface area contributed by atoms with E-state index in [9.17, 15) is 0 Å². The van der Waals surface area contributed by atoms with Crippen LogP contribution in [0.2, 0.25) is 19.6 Å². The van der Waals surface area contributed by atoms with Crippen LogP contribution in [-0.4, -0.2) is 39.0 Å². The number of hydrogen-bond acceptors (Lipinski definition) is 3. The van der Waals surface area contributed by atoms with Crippen molar-refractivity contribution in [1.29, 1.82) is 0 Å². The Morgan fingerprint density at radius 1 is 1.19 bits per heavy atom. The lowest BCUT2D eigenvalue weighted by Crippen LogP contribution is -2.45. The maximum atomic E-state index is 6.28. The molecule has 1 aliphatic heterocycles. The van der Waals surface area contributed by atoms with Gasteiger partial charge in [-0.3, -0.25) is 4.90 Å². The normalized spacial score (nSPS) is 19.6. The number of rotatable bonds is 6. The Balaban J connectivity index is 1.82. The highest BCUT2D eigenvalue weighted by atomic mass is 28.4. The number of hydrogen-bond donors (Lipinski definition) is 1. The zero-order chi connectivity index (χ0) is 15.3. The lowest BCUT2D eigenvalue weighted by Gasteiger charge is -2.38. The maximum absolute atomic E-state index is 6.28. The van der Waals surface area contributed by atoms with Gasteiger partial charge in [0.1, 0.15) is 0 Å². The molecule has 1 aliphatic rings. The van der Waals surface area contributed by atoms with Crippen molar-refractivity contribution in [2.24, 2.45) is 11.7 Å². The Kier molecular flexibility index (Phi) is 5.99. The number of nitrogens with zero attached hydrogens (tertiary/aromatic N) is 1. The average Bonchev–Trinajstić information content (AvgIpc) is 2.46. The zero-order valence-corrected chi connectivity index (χ0v) is 14.7. The maximum Gasteiger partial charge on any atom is 0.184 e. The molecule has 0 aliphatic carbocycles. The summed E-state index contributed by atoms with van der Waals surface area (Å²) in [6.45, 7) is 10.8. The summed E-state index contributed by atoms with van der Waals surface area (Å²) in [7, 11) is -1.50. The Morgan fingerprint density at radius 2 is 1.81 bits per heavy atom. The summed E-state index contributed by atoms with van der Waals surface area (Å²) in [4.78, 5) is 2.55. The van der Waals surface area contributed by atoms with Crippen molar-refractivity contribution in [3.63, 3.8) is 0 Å². The third-order valence-electron chi connectivity index (χ3n) is 4.14. The van der Waals surface area contributed by atoms with Crippen molar-refractivity contribution >= 4 is 8.32 Å². The molecule has 1 heterocycles. The number of likely N-dealkylation sites (tertiary alicyclic amines) is 1. The topological polar surface area (TPSA) is 38.5 Å². The second-order valence-electron chi connectivity index (χ2n) is 7.10. The SMILES string of the molecule is C[Si](C)(C)OC(CN)C1CCN(Cc2ccccc2)CC1. The summed E-state index contributed by atoms with van der Waals surface area (Å²) < 4.78 is 6.28. The van der Waals surface area contributed by atoms with E-state index in [2.05, 4.69) is 54.9 Å². The third-order valence-corrected chi connectivity index (χ3v) is 5.15. The first kappa shape index (κ1) is 16.7. The molecule has 1 aromatic rings. The Morgan fingerprint density at radius 3 is 2.33 bits per heavy atom. The van der Waals surface area contributed by atoms with E-state index in [1.54, 1.807) is 0 Å². The van der Waals surface area contributed by atoms with Gasteiger partial charge in [0.25, 0.3) is 0 Å². The second-order valence-corrected chi connectivity index (χ2v) is 11.6. The zero-order valence-electron chi connectivity index (χ0n) is 13.7. The van der Waals surface area contributed by atoms with Gasteiger partial charge in [0.15, 0.2) is 8.32 Å². The van der Waals surface area contributed by atoms with E-state index in [-0.39, 0.29) is 6.10 Å². The molecule has 0 bridgehead atoms. The largest absolute Gasteiger partial charge is 0.413 e. The molecule has 1 saturated heterocycles. The van der Waals surface area contributed by atoms with Gasteiger partial charge in [-0.05, 0) is 57.1 Å². The van der Waals surface area contributed by atoms with Crippen LogP contribution in [0.4, 0.5) is 0 Å². The summed E-state index contributed by atoms with van der Waals surface area (Å²) in [6.07, 6.45) is 2.67. The standard InChI is InChI=1S/C17H30N2OSi/c1-21(2,3)20-17(13-18)16-9-11-19(12-10-16)14-15-7-5-4-6-8-15/h4-8,16-17H,9-14,18H2,1-3H3. The highest BCUT2D eigenvalue weighted by Crippen LogP contribution is 2.25. The molecule has 21 heavy (non-hydrogen) atoms. The van der Waals surface area contributed by atoms with Crippen LogP contribution in [0.5, 0.6) is 0 Å². The van der Waals surface area contributed by atoms with Gasteiger partial charge in [-0.2, -0.15) is 0 Å². The lowest BCUT2D eigenvalue weighted by atomic mass is 9.91. The van der Waals surface area contributed by atoms with E-state index in [0.29, 0.717) is 12.5 Å². The quantitative estimate of drug-likeness (QED) is 0.821. The molecule has 1 unspecified atom stereocenters. The number of piperidine rings is 1. The third kappa shape index (κ3) is 5.55. The van der Waals surface area contributed by atoms with Gasteiger partial charge in [0.2, 0.25) is 0 Å². The van der Waals surface area contributed by atoms with E-state index < -0.39 is 8.32 Å². The molecule has 2 rings (SSSR count). The fourth-order valence-electron chi connectivity index (χ4n) is 3.12. The van der Waals surface area contributed by atoms with E-state index >= 15 is 0 Å². The van der Waals surface area contributed by atoms with Crippen molar-refractivity contribution in [3.8, 4) is 0 Å². The monoisotopic (exact) mass is 306 g/mol. The molecular weight excluding hydrogens is 276 g/mol. The van der Waals surface area contributed by atoms with Crippen molar-refractivity contribution < 1.29 is 4.43 Å². The minimum Gasteiger partial charge on any atom is -0.413 e. The van der Waals surface area contributed by atoms with Crippen molar-refractivity contribution in [2.45, 2.75) is 45.1 Å². The van der Waals surface area contributed by atoms with Crippen LogP contribution in [0.3, 0.4) is 0 Å². The van der Waals surface area contributed by atoms with Gasteiger partial charge in [0.05, 0.1) is 6.10 Å². The first-order valence-electron chi connectivity index (χ1n) is 8.12. The van der Waals surface area contributed by atoms with E-state index in [4.69, 9.17) is 10.2 Å². The van der Waals surface area contributed by atoms with Crippen LogP contribution in [0.15, 0.2) is 30.3 Å². The summed E-state index contributed by atoms with van der Waals surface area (Å²) in [5, 5.41) is 0. The first-order valence-corrected chi connectivity index (χ1v) is 11.5. The Hall–Kier alpha value is -0.683. The van der Waals surface area contributed by atoms with Crippen LogP contribution in [0, 0.1) is 5.92 Å². The number of benzene rings is 1. The highest BCUT2D eigenvalue weighted by molar-refractivity contribution is 6.69. The molecule has 0 radical (unpaired) electrons. The van der Waals surface area contributed by atoms with Crippen molar-refractivity contribution in [1.82, 2.24) is 4.90 Å². The fraction of sp³-hybridized carbons (Fsp3) is 0.647. The molecule has 1 fully saturated rings. The van der Waals surface area contributed by atoms with Crippen LogP contribution >= 0.6 is 0 Å². The van der Waals surface area contributed by atoms with Gasteiger partial charge in [-0.25, -0.2) is 0 Å². The lowest BCUT2D eigenvalue weighted by molar-refractivity contribution is 0.0747. The van der Waals surface area contributed by atoms with E-state index in [1.165, 1.54) is 18.4 Å². The van der Waals surface area contributed by atoms with Gasteiger partial charge >= 0.3 is 0 Å². The smallest absolute Gasteiger partial charge is 0.184 e. The Labute approximate surface area is 130 Å². The molecule has 118 valence electrons. The van der Waals surface area contributed by atoms with Crippen molar-refractivity contribution in [2.75, 3.05) is 19.6 Å². The van der Waals surface area contributed by atoms with Gasteiger partial charge in [-0.15, -0.1) is 0 Å². The van der Waals surface area contributed by atoms with Crippen LogP contribution in [0.1, 0.15) is 18.4 Å². The predicted octanol–water partition coefficient (Wildman–Crippen LogP) is 3.08. The summed E-state index contributed by atoms with van der Waals surface area (Å²) in [6, 6.07) is 10.7. The molecular formula is C17H30N2OSi. The van der Waals surface area contributed by atoms with Crippen LogP contribution in [0.25, 0.3) is 0 Å². The molecule has 3 nitrogen and oxygen atoms in total. The van der Waals surface area contributed by atoms with Gasteiger partial charge < -0.3 is 10.2 Å². The molecule has 1 atom stereocenters. The van der Waals surface area contributed by atoms with Crippen molar-refractivity contribution in [3.05, 3.63) is 35.9 Å². The fourth-order valence-corrected chi connectivity index (χ4v) is 4.31. The summed E-state index contributed by atoms with van der Waals surface area (Å²) in [5.41, 5.74) is 7.36. The average molecular weight is 307 g/mol. The summed E-state index contributed by atoms with van der Waals surface area (Å²) in [5.74, 6) is 0.633. The predicted molar refractivity (Wildman–Crippen MR) is 91.7 cm³/mol.